The first-order valence-corrected chi connectivity index (χ1v) is 13.6. The van der Waals surface area contributed by atoms with Crippen molar-refractivity contribution < 1.29 is 23.9 Å². The van der Waals surface area contributed by atoms with Crippen molar-refractivity contribution in [2.45, 2.75) is 6.61 Å². The van der Waals surface area contributed by atoms with E-state index in [0.29, 0.717) is 29.4 Å². The number of carbonyl (C=O) groups excluding carboxylic acids is 3. The number of thioether (sulfide) groups is 1. The van der Waals surface area contributed by atoms with Gasteiger partial charge in [0.1, 0.15) is 24.7 Å². The van der Waals surface area contributed by atoms with E-state index in [2.05, 4.69) is 39.4 Å². The van der Waals surface area contributed by atoms with E-state index in [1.807, 2.05) is 42.5 Å². The van der Waals surface area contributed by atoms with Crippen LogP contribution in [-0.2, 0) is 16.2 Å². The molecule has 0 unspecified atom stereocenters. The standard InChI is InChI=1S/C30H23BrN2O5S/c1-37-23-12-10-22(11-13-23)32-28(34)17-33-29(35)27(39-30(33)36)16-19-9-14-26(25(31)15-19)38-18-21-7-4-6-20-5-2-3-8-24(20)21/h2-16H,17-18H2,1H3,(H,32,34)/b27-16+. The fourth-order valence-corrected chi connectivity index (χ4v) is 5.45. The molecule has 39 heavy (non-hydrogen) atoms. The molecule has 1 aliphatic rings. The number of ether oxygens (including phenoxy) is 2. The number of hydrogen-bond acceptors (Lipinski definition) is 6. The molecule has 196 valence electrons. The predicted molar refractivity (Wildman–Crippen MR) is 157 cm³/mol. The van der Waals surface area contributed by atoms with E-state index in [9.17, 15) is 14.4 Å². The van der Waals surface area contributed by atoms with Crippen LogP contribution in [0, 0.1) is 0 Å². The van der Waals surface area contributed by atoms with Crippen LogP contribution < -0.4 is 14.8 Å². The van der Waals surface area contributed by atoms with Crippen LogP contribution in [0.25, 0.3) is 16.8 Å². The number of imide groups is 1. The van der Waals surface area contributed by atoms with E-state index in [-0.39, 0.29) is 11.4 Å². The molecule has 0 aromatic heterocycles. The Hall–Kier alpha value is -4.08. The van der Waals surface area contributed by atoms with Gasteiger partial charge in [0.2, 0.25) is 5.91 Å². The van der Waals surface area contributed by atoms with Crippen molar-refractivity contribution >= 4 is 67.3 Å². The molecule has 0 radical (unpaired) electrons. The summed E-state index contributed by atoms with van der Waals surface area (Å²) in [5.41, 5.74) is 2.33. The lowest BCUT2D eigenvalue weighted by Gasteiger charge is -2.12. The van der Waals surface area contributed by atoms with Gasteiger partial charge in [-0.15, -0.1) is 0 Å². The lowest BCUT2D eigenvalue weighted by Crippen LogP contribution is -2.36. The predicted octanol–water partition coefficient (Wildman–Crippen LogP) is 6.86. The molecule has 0 spiro atoms. The Morgan fingerprint density at radius 3 is 2.54 bits per heavy atom. The lowest BCUT2D eigenvalue weighted by molar-refractivity contribution is -0.127. The molecule has 0 aliphatic carbocycles. The van der Waals surface area contributed by atoms with Crippen molar-refractivity contribution in [3.63, 3.8) is 0 Å². The highest BCUT2D eigenvalue weighted by molar-refractivity contribution is 9.10. The maximum Gasteiger partial charge on any atom is 0.294 e. The van der Waals surface area contributed by atoms with E-state index >= 15 is 0 Å². The molecule has 0 bridgehead atoms. The van der Waals surface area contributed by atoms with Crippen LogP contribution >= 0.6 is 27.7 Å². The number of nitrogens with one attached hydrogen (secondary N) is 1. The molecular formula is C30H23BrN2O5S. The van der Waals surface area contributed by atoms with E-state index in [4.69, 9.17) is 9.47 Å². The van der Waals surface area contributed by atoms with Gasteiger partial charge in [-0.2, -0.15) is 0 Å². The molecule has 1 fully saturated rings. The Balaban J connectivity index is 1.23. The van der Waals surface area contributed by atoms with Crippen LogP contribution in [0.4, 0.5) is 10.5 Å². The third kappa shape index (κ3) is 6.16. The number of halogens is 1. The summed E-state index contributed by atoms with van der Waals surface area (Å²) >= 11 is 4.35. The maximum absolute atomic E-state index is 12.9. The summed E-state index contributed by atoms with van der Waals surface area (Å²) in [4.78, 5) is 39.0. The fraction of sp³-hybridized carbons (Fsp3) is 0.100. The molecule has 3 amide bonds. The van der Waals surface area contributed by atoms with Gasteiger partial charge >= 0.3 is 0 Å². The molecule has 5 rings (SSSR count). The Bertz CT molecular complexity index is 1600. The average molecular weight is 603 g/mol. The summed E-state index contributed by atoms with van der Waals surface area (Å²) in [5, 5.41) is 4.48. The van der Waals surface area contributed by atoms with E-state index in [0.717, 1.165) is 37.5 Å². The number of fused-ring (bicyclic) bond motifs is 1. The van der Waals surface area contributed by atoms with Crippen LogP contribution in [-0.4, -0.2) is 35.6 Å². The van der Waals surface area contributed by atoms with Gasteiger partial charge in [-0.05, 0) is 92.1 Å². The largest absolute Gasteiger partial charge is 0.497 e. The molecule has 7 nitrogen and oxygen atoms in total. The molecule has 1 aliphatic heterocycles. The molecule has 0 atom stereocenters. The highest BCUT2D eigenvalue weighted by atomic mass is 79.9. The van der Waals surface area contributed by atoms with Crippen LogP contribution in [0.2, 0.25) is 0 Å². The van der Waals surface area contributed by atoms with Gasteiger partial charge in [0.05, 0.1) is 16.5 Å². The van der Waals surface area contributed by atoms with Crippen LogP contribution in [0.1, 0.15) is 11.1 Å². The van der Waals surface area contributed by atoms with Gasteiger partial charge in [-0.1, -0.05) is 48.5 Å². The number of nitrogens with zero attached hydrogens (tertiary/aromatic N) is 1. The van der Waals surface area contributed by atoms with E-state index < -0.39 is 17.1 Å². The number of benzene rings is 4. The second-order valence-corrected chi connectivity index (χ2v) is 10.5. The number of rotatable bonds is 8. The molecular weight excluding hydrogens is 580 g/mol. The van der Waals surface area contributed by atoms with Gasteiger partial charge in [-0.25, -0.2) is 0 Å². The summed E-state index contributed by atoms with van der Waals surface area (Å²) in [6.45, 7) is 0.0233. The Morgan fingerprint density at radius 2 is 1.77 bits per heavy atom. The summed E-state index contributed by atoms with van der Waals surface area (Å²) in [6.07, 6.45) is 1.63. The summed E-state index contributed by atoms with van der Waals surface area (Å²) in [7, 11) is 1.55. The first kappa shape index (κ1) is 26.5. The van der Waals surface area contributed by atoms with Crippen molar-refractivity contribution in [1.82, 2.24) is 4.90 Å². The normalized spacial score (nSPS) is 14.2. The lowest BCUT2D eigenvalue weighted by atomic mass is 10.1. The minimum Gasteiger partial charge on any atom is -0.497 e. The van der Waals surface area contributed by atoms with Crippen molar-refractivity contribution in [3.8, 4) is 11.5 Å². The Morgan fingerprint density at radius 1 is 1.00 bits per heavy atom. The van der Waals surface area contributed by atoms with E-state index in [1.54, 1.807) is 37.5 Å². The zero-order chi connectivity index (χ0) is 27.4. The summed E-state index contributed by atoms with van der Waals surface area (Å²) in [5.74, 6) is 0.324. The smallest absolute Gasteiger partial charge is 0.294 e. The number of anilines is 1. The quantitative estimate of drug-likeness (QED) is 0.222. The minimum absolute atomic E-state index is 0.244. The molecule has 1 heterocycles. The maximum atomic E-state index is 12.9. The molecule has 0 saturated carbocycles. The van der Waals surface area contributed by atoms with Crippen molar-refractivity contribution in [3.05, 3.63) is 105 Å². The molecule has 4 aromatic rings. The molecule has 9 heteroatoms. The SMILES string of the molecule is COc1ccc(NC(=O)CN2C(=O)S/C(=C/c3ccc(OCc4cccc5ccccc45)c(Br)c3)C2=O)cc1. The molecule has 4 aromatic carbocycles. The number of methoxy groups -OCH3 is 1. The first-order valence-electron chi connectivity index (χ1n) is 12.0. The third-order valence-electron chi connectivity index (χ3n) is 6.07. The van der Waals surface area contributed by atoms with Crippen molar-refractivity contribution in [2.75, 3.05) is 19.0 Å². The van der Waals surface area contributed by atoms with Crippen LogP contribution in [0.3, 0.4) is 0 Å². The Kier molecular flexibility index (Phi) is 7.99. The topological polar surface area (TPSA) is 84.9 Å². The summed E-state index contributed by atoms with van der Waals surface area (Å²) < 4.78 is 11.9. The number of hydrogen-bond donors (Lipinski definition) is 1. The van der Waals surface area contributed by atoms with E-state index in [1.165, 1.54) is 0 Å². The number of amides is 3. The second kappa shape index (κ2) is 11.8. The average Bonchev–Trinajstić information content (AvgIpc) is 3.20. The second-order valence-electron chi connectivity index (χ2n) is 8.66. The van der Waals surface area contributed by atoms with Gasteiger partial charge in [0.15, 0.2) is 0 Å². The van der Waals surface area contributed by atoms with Gasteiger partial charge < -0.3 is 14.8 Å². The number of carbonyl (C=O) groups is 3. The van der Waals surface area contributed by atoms with Gasteiger partial charge in [0, 0.05) is 5.69 Å². The zero-order valence-electron chi connectivity index (χ0n) is 20.8. The van der Waals surface area contributed by atoms with Crippen molar-refractivity contribution in [1.29, 1.82) is 0 Å². The monoisotopic (exact) mass is 602 g/mol. The van der Waals surface area contributed by atoms with Crippen LogP contribution in [0.5, 0.6) is 11.5 Å². The highest BCUT2D eigenvalue weighted by Gasteiger charge is 2.36. The third-order valence-corrected chi connectivity index (χ3v) is 7.59. The van der Waals surface area contributed by atoms with Gasteiger partial charge in [0.25, 0.3) is 11.1 Å². The summed E-state index contributed by atoms with van der Waals surface area (Å²) in [6, 6.07) is 26.5. The minimum atomic E-state index is -0.512. The van der Waals surface area contributed by atoms with Gasteiger partial charge in [-0.3, -0.25) is 19.3 Å². The van der Waals surface area contributed by atoms with Crippen LogP contribution in [0.15, 0.2) is 94.3 Å². The Labute approximate surface area is 237 Å². The highest BCUT2D eigenvalue weighted by Crippen LogP contribution is 2.34. The first-order chi connectivity index (χ1) is 18.9. The van der Waals surface area contributed by atoms with Crippen molar-refractivity contribution in [2.24, 2.45) is 0 Å². The zero-order valence-corrected chi connectivity index (χ0v) is 23.3. The molecule has 1 saturated heterocycles. The molecule has 1 N–H and O–H groups in total. The fourth-order valence-electron chi connectivity index (χ4n) is 4.10.